The van der Waals surface area contributed by atoms with Gasteiger partial charge in [-0.05, 0) is 67.2 Å². The van der Waals surface area contributed by atoms with Crippen LogP contribution in [0.1, 0.15) is 0 Å². The van der Waals surface area contributed by atoms with E-state index in [1.165, 1.54) is 32.7 Å². The van der Waals surface area contributed by atoms with Crippen LogP contribution in [0.5, 0.6) is 0 Å². The summed E-state index contributed by atoms with van der Waals surface area (Å²) in [5.41, 5.74) is 8.88. The fourth-order valence-corrected chi connectivity index (χ4v) is 7.97. The maximum absolute atomic E-state index is 6.71. The SMILES string of the molecule is c1ccc(-c2ccc(-c3cccc4c3oc3cccc(-c5nc(-c6ccc7ccccc7c6)nc(-c6ccc7c(ccc8ccccc87)c6)n5)c34)cc2)cc1. The molecule has 0 amide bonds. The van der Waals surface area contributed by atoms with Gasteiger partial charge in [-0.15, -0.1) is 0 Å². The summed E-state index contributed by atoms with van der Waals surface area (Å²) in [6, 6.07) is 65.8. The third-order valence-corrected chi connectivity index (χ3v) is 10.7. The first kappa shape index (κ1) is 31.1. The molecule has 2 aromatic heterocycles. The molecule has 0 radical (unpaired) electrons. The van der Waals surface area contributed by atoms with Gasteiger partial charge < -0.3 is 4.42 Å². The van der Waals surface area contributed by atoms with Crippen molar-refractivity contribution in [3.63, 3.8) is 0 Å². The van der Waals surface area contributed by atoms with E-state index >= 15 is 0 Å². The first-order valence-electron chi connectivity index (χ1n) is 18.5. The first-order valence-corrected chi connectivity index (χ1v) is 18.5. The highest BCUT2D eigenvalue weighted by Crippen LogP contribution is 2.41. The van der Waals surface area contributed by atoms with E-state index in [4.69, 9.17) is 19.4 Å². The van der Waals surface area contributed by atoms with Crippen molar-refractivity contribution in [3.8, 4) is 56.4 Å². The van der Waals surface area contributed by atoms with Crippen LogP contribution in [-0.2, 0) is 0 Å². The molecule has 0 atom stereocenters. The topological polar surface area (TPSA) is 51.8 Å². The molecule has 55 heavy (non-hydrogen) atoms. The minimum atomic E-state index is 0.595. The zero-order valence-electron chi connectivity index (χ0n) is 29.6. The molecular formula is C51H31N3O. The lowest BCUT2D eigenvalue weighted by Gasteiger charge is -2.11. The minimum Gasteiger partial charge on any atom is -0.455 e. The highest BCUT2D eigenvalue weighted by Gasteiger charge is 2.20. The van der Waals surface area contributed by atoms with Gasteiger partial charge in [0.15, 0.2) is 17.5 Å². The van der Waals surface area contributed by atoms with E-state index < -0.39 is 0 Å². The molecule has 2 heterocycles. The number of hydrogen-bond donors (Lipinski definition) is 0. The van der Waals surface area contributed by atoms with E-state index in [-0.39, 0.29) is 0 Å². The second-order valence-electron chi connectivity index (χ2n) is 14.0. The molecule has 0 N–H and O–H groups in total. The van der Waals surface area contributed by atoms with Gasteiger partial charge in [-0.1, -0.05) is 170 Å². The predicted octanol–water partition coefficient (Wildman–Crippen LogP) is 13.6. The van der Waals surface area contributed by atoms with Gasteiger partial charge in [-0.25, -0.2) is 15.0 Å². The zero-order chi connectivity index (χ0) is 36.3. The van der Waals surface area contributed by atoms with Crippen LogP contribution in [-0.4, -0.2) is 15.0 Å². The second kappa shape index (κ2) is 12.6. The van der Waals surface area contributed by atoms with Crippen LogP contribution in [0, 0.1) is 0 Å². The number of furan rings is 1. The Kier molecular flexibility index (Phi) is 7.14. The summed E-state index contributed by atoms with van der Waals surface area (Å²) in [5, 5.41) is 9.08. The van der Waals surface area contributed by atoms with Crippen molar-refractivity contribution in [2.24, 2.45) is 0 Å². The number of fused-ring (bicyclic) bond motifs is 7. The fourth-order valence-electron chi connectivity index (χ4n) is 7.97. The Hall–Kier alpha value is -7.43. The molecule has 0 unspecified atom stereocenters. The minimum absolute atomic E-state index is 0.595. The van der Waals surface area contributed by atoms with Gasteiger partial charge in [0.25, 0.3) is 0 Å². The summed E-state index contributed by atoms with van der Waals surface area (Å²) in [6.07, 6.45) is 0. The average Bonchev–Trinajstić information content (AvgIpc) is 3.65. The molecule has 0 aliphatic rings. The van der Waals surface area contributed by atoms with E-state index in [2.05, 4.69) is 170 Å². The summed E-state index contributed by atoms with van der Waals surface area (Å²) in [7, 11) is 0. The molecule has 0 aliphatic carbocycles. The van der Waals surface area contributed by atoms with E-state index in [1.807, 2.05) is 18.2 Å². The van der Waals surface area contributed by atoms with Crippen molar-refractivity contribution >= 4 is 54.3 Å². The van der Waals surface area contributed by atoms with Crippen LogP contribution in [0.2, 0.25) is 0 Å². The Bertz CT molecular complexity index is 3260. The monoisotopic (exact) mass is 701 g/mol. The maximum atomic E-state index is 6.71. The molecule has 0 saturated carbocycles. The quantitative estimate of drug-likeness (QED) is 0.168. The Morgan fingerprint density at radius 1 is 0.309 bits per heavy atom. The number of nitrogens with zero attached hydrogens (tertiary/aromatic N) is 3. The van der Waals surface area contributed by atoms with Crippen molar-refractivity contribution in [1.82, 2.24) is 15.0 Å². The number of rotatable bonds is 5. The third-order valence-electron chi connectivity index (χ3n) is 10.7. The Morgan fingerprint density at radius 2 is 0.855 bits per heavy atom. The van der Waals surface area contributed by atoms with Crippen LogP contribution in [0.4, 0.5) is 0 Å². The summed E-state index contributed by atoms with van der Waals surface area (Å²) >= 11 is 0. The third kappa shape index (κ3) is 5.34. The van der Waals surface area contributed by atoms with Crippen molar-refractivity contribution in [2.75, 3.05) is 0 Å². The van der Waals surface area contributed by atoms with Gasteiger partial charge in [0, 0.05) is 33.0 Å². The van der Waals surface area contributed by atoms with Gasteiger partial charge in [-0.2, -0.15) is 0 Å². The summed E-state index contributed by atoms with van der Waals surface area (Å²) < 4.78 is 6.71. The van der Waals surface area contributed by atoms with E-state index in [1.54, 1.807) is 0 Å². The van der Waals surface area contributed by atoms with Crippen molar-refractivity contribution in [2.45, 2.75) is 0 Å². The molecule has 0 spiro atoms. The number of para-hydroxylation sites is 1. The number of aromatic nitrogens is 3. The van der Waals surface area contributed by atoms with Crippen LogP contribution in [0.25, 0.3) is 111 Å². The summed E-state index contributed by atoms with van der Waals surface area (Å²) in [5.74, 6) is 1.83. The molecule has 0 fully saturated rings. The lowest BCUT2D eigenvalue weighted by Crippen LogP contribution is -2.00. The van der Waals surface area contributed by atoms with Crippen molar-refractivity contribution in [1.29, 1.82) is 0 Å². The second-order valence-corrected chi connectivity index (χ2v) is 14.0. The van der Waals surface area contributed by atoms with Gasteiger partial charge in [0.1, 0.15) is 11.2 Å². The Morgan fingerprint density at radius 3 is 1.69 bits per heavy atom. The maximum Gasteiger partial charge on any atom is 0.164 e. The average molecular weight is 702 g/mol. The van der Waals surface area contributed by atoms with Crippen molar-refractivity contribution < 1.29 is 4.42 Å². The molecule has 0 saturated heterocycles. The summed E-state index contributed by atoms with van der Waals surface area (Å²) in [6.45, 7) is 0. The van der Waals surface area contributed by atoms with Gasteiger partial charge >= 0.3 is 0 Å². The molecule has 11 aromatic rings. The highest BCUT2D eigenvalue weighted by atomic mass is 16.3. The number of hydrogen-bond acceptors (Lipinski definition) is 4. The van der Waals surface area contributed by atoms with Gasteiger partial charge in [0.05, 0.1) is 0 Å². The first-order chi connectivity index (χ1) is 27.2. The lowest BCUT2D eigenvalue weighted by molar-refractivity contribution is 0.670. The van der Waals surface area contributed by atoms with Crippen LogP contribution >= 0.6 is 0 Å². The zero-order valence-corrected chi connectivity index (χ0v) is 29.6. The molecule has 0 aliphatic heterocycles. The van der Waals surface area contributed by atoms with Crippen molar-refractivity contribution in [3.05, 3.63) is 188 Å². The van der Waals surface area contributed by atoms with E-state index in [0.29, 0.717) is 17.5 Å². The largest absolute Gasteiger partial charge is 0.455 e. The number of benzene rings is 9. The molecular weight excluding hydrogens is 671 g/mol. The molecule has 4 nitrogen and oxygen atoms in total. The van der Waals surface area contributed by atoms with E-state index in [0.717, 1.165) is 60.5 Å². The molecule has 4 heteroatoms. The standard InChI is InChI=1S/C51H31N3O/c1-2-10-32(11-3-1)34-20-23-36(24-21-34)43-16-8-17-44-47-45(18-9-19-46(47)55-48(43)44)51-53-49(39-27-22-33-12-4-5-14-37(33)30-39)52-50(54-51)40-28-29-42-38(31-40)26-25-35-13-6-7-15-41(35)42/h1-31H. The molecule has 256 valence electrons. The lowest BCUT2D eigenvalue weighted by atomic mass is 9.98. The normalized spacial score (nSPS) is 11.6. The Balaban J connectivity index is 1.09. The molecule has 11 rings (SSSR count). The van der Waals surface area contributed by atoms with Crippen LogP contribution in [0.15, 0.2) is 192 Å². The van der Waals surface area contributed by atoms with Crippen LogP contribution < -0.4 is 0 Å². The van der Waals surface area contributed by atoms with Gasteiger partial charge in [-0.3, -0.25) is 0 Å². The predicted molar refractivity (Wildman–Crippen MR) is 227 cm³/mol. The fraction of sp³-hybridized carbons (Fsp3) is 0. The summed E-state index contributed by atoms with van der Waals surface area (Å²) in [4.78, 5) is 15.6. The van der Waals surface area contributed by atoms with E-state index in [9.17, 15) is 0 Å². The smallest absolute Gasteiger partial charge is 0.164 e. The Labute approximate surface area is 317 Å². The van der Waals surface area contributed by atoms with Crippen LogP contribution in [0.3, 0.4) is 0 Å². The highest BCUT2D eigenvalue weighted by molar-refractivity contribution is 6.15. The van der Waals surface area contributed by atoms with Gasteiger partial charge in [0.2, 0.25) is 0 Å². The molecule has 9 aromatic carbocycles. The molecule has 0 bridgehead atoms.